The van der Waals surface area contributed by atoms with Crippen LogP contribution in [-0.4, -0.2) is 100.0 Å². The average molecular weight is 857 g/mol. The standard InChI is InChI=1S/C8H7NO5.C8H9NO3.C8H8O3.C7H7NO5.C7H9NO3/c1-14-7-3-5(4-10)2-6(8(7)11)9(12)13;1-12-7-3-5(4-10)2-6(9)8(7)11;1-11-8-4-6(5-9)2-3-7(8)10;1-13-6-3-4(9)2-5(7(6)10)8(11)12;1-11-6-3-4(9)2-5(8)7(6)10/h2-4,11H,1H3;2-4,11H,9H2,1H3;2-5,10H,1H3;2-3,9-10H,1H3;2-3,9-10H,8H2,1H3. The van der Waals surface area contributed by atoms with Crippen molar-refractivity contribution in [2.45, 2.75) is 0 Å². The van der Waals surface area contributed by atoms with Crippen molar-refractivity contribution in [2.24, 2.45) is 0 Å². The molecule has 0 atom stereocenters. The van der Waals surface area contributed by atoms with E-state index in [9.17, 15) is 49.9 Å². The number of benzene rings is 5. The number of hydrogen-bond acceptors (Lipinski definition) is 21. The SMILES string of the molecule is COc1cc(C=O)cc(N)c1O.COc1cc(C=O)cc([N+](=O)[O-])c1O.COc1cc(C=O)ccc1O.COc1cc(O)cc(N)c1O.COc1cc(O)cc([N+](=O)[O-])c1O. The number of phenols is 7. The van der Waals surface area contributed by atoms with Gasteiger partial charge in [0.2, 0.25) is 11.5 Å². The lowest BCUT2D eigenvalue weighted by Gasteiger charge is -2.05. The highest BCUT2D eigenvalue weighted by atomic mass is 16.6. The number of ether oxygens (including phenoxy) is 5. The number of nitrogens with two attached hydrogens (primary N) is 2. The number of nitrogens with zero attached hydrogens (tertiary/aromatic N) is 2. The van der Waals surface area contributed by atoms with Crippen molar-refractivity contribution in [3.8, 4) is 69.0 Å². The summed E-state index contributed by atoms with van der Waals surface area (Å²) in [6.45, 7) is 0. The Hall–Kier alpha value is -8.89. The number of nitro groups is 2. The fourth-order valence-electron chi connectivity index (χ4n) is 4.26. The summed E-state index contributed by atoms with van der Waals surface area (Å²) >= 11 is 0. The van der Waals surface area contributed by atoms with E-state index >= 15 is 0 Å². The molecule has 5 rings (SSSR count). The van der Waals surface area contributed by atoms with Crippen LogP contribution in [0.3, 0.4) is 0 Å². The van der Waals surface area contributed by atoms with Gasteiger partial charge >= 0.3 is 11.4 Å². The summed E-state index contributed by atoms with van der Waals surface area (Å²) in [5, 5.41) is 84.7. The number of aldehydes is 3. The van der Waals surface area contributed by atoms with Gasteiger partial charge in [0.25, 0.3) is 0 Å². The van der Waals surface area contributed by atoms with Crippen molar-refractivity contribution in [1.29, 1.82) is 0 Å². The fraction of sp³-hybridized carbons (Fsp3) is 0.132. The van der Waals surface area contributed by atoms with Gasteiger partial charge in [0.05, 0.1) is 62.8 Å². The van der Waals surface area contributed by atoms with E-state index in [2.05, 4.69) is 9.47 Å². The summed E-state index contributed by atoms with van der Waals surface area (Å²) in [6, 6.07) is 13.9. The van der Waals surface area contributed by atoms with Crippen molar-refractivity contribution in [2.75, 3.05) is 47.0 Å². The van der Waals surface area contributed by atoms with Crippen LogP contribution in [0.1, 0.15) is 31.1 Å². The predicted molar refractivity (Wildman–Crippen MR) is 215 cm³/mol. The van der Waals surface area contributed by atoms with E-state index in [1.807, 2.05) is 0 Å². The molecule has 0 fully saturated rings. The van der Waals surface area contributed by atoms with Gasteiger partial charge in [-0.05, 0) is 36.4 Å². The minimum Gasteiger partial charge on any atom is -0.508 e. The molecule has 0 spiro atoms. The Labute approximate surface area is 344 Å². The Bertz CT molecular complexity index is 2340. The van der Waals surface area contributed by atoms with Crippen molar-refractivity contribution >= 4 is 41.6 Å². The molecule has 0 unspecified atom stereocenters. The molecule has 61 heavy (non-hydrogen) atoms. The number of hydrogen-bond donors (Lipinski definition) is 9. The quantitative estimate of drug-likeness (QED) is 0.0227. The van der Waals surface area contributed by atoms with E-state index in [4.69, 9.17) is 46.1 Å². The van der Waals surface area contributed by atoms with Gasteiger partial charge in [0.15, 0.2) is 46.0 Å². The minimum atomic E-state index is -0.808. The van der Waals surface area contributed by atoms with Crippen LogP contribution in [0.15, 0.2) is 66.7 Å². The number of aromatic hydroxyl groups is 7. The third-order valence-electron chi connectivity index (χ3n) is 7.22. The van der Waals surface area contributed by atoms with Crippen LogP contribution in [0.2, 0.25) is 0 Å². The van der Waals surface area contributed by atoms with Crippen molar-refractivity contribution < 1.29 is 83.7 Å². The summed E-state index contributed by atoms with van der Waals surface area (Å²) in [5.74, 6) is -1.32. The maximum atomic E-state index is 10.4. The number of methoxy groups -OCH3 is 5. The van der Waals surface area contributed by atoms with Crippen LogP contribution in [0.25, 0.3) is 0 Å². The maximum Gasteiger partial charge on any atom is 0.318 e. The first-order chi connectivity index (χ1) is 28.8. The molecule has 5 aromatic rings. The first-order valence-electron chi connectivity index (χ1n) is 16.3. The van der Waals surface area contributed by atoms with Crippen molar-refractivity contribution in [3.63, 3.8) is 0 Å². The average Bonchev–Trinajstić information content (AvgIpc) is 3.24. The number of phenolic OH excluding ortho intramolecular Hbond substituents is 7. The number of anilines is 2. The van der Waals surface area contributed by atoms with Gasteiger partial charge in [-0.2, -0.15) is 0 Å². The Morgan fingerprint density at radius 2 is 0.803 bits per heavy atom. The smallest absolute Gasteiger partial charge is 0.318 e. The zero-order valence-electron chi connectivity index (χ0n) is 32.7. The summed E-state index contributed by atoms with van der Waals surface area (Å²) in [6.07, 6.45) is 1.77. The molecule has 11 N–H and O–H groups in total. The largest absolute Gasteiger partial charge is 0.508 e. The zero-order chi connectivity index (χ0) is 46.6. The summed E-state index contributed by atoms with van der Waals surface area (Å²) in [5.41, 5.74) is 10.7. The highest BCUT2D eigenvalue weighted by molar-refractivity contribution is 5.80. The second-order valence-corrected chi connectivity index (χ2v) is 11.2. The molecule has 0 heterocycles. The third-order valence-corrected chi connectivity index (χ3v) is 7.22. The first-order valence-corrected chi connectivity index (χ1v) is 16.3. The molecule has 0 bridgehead atoms. The van der Waals surface area contributed by atoms with E-state index in [0.717, 1.165) is 18.2 Å². The zero-order valence-corrected chi connectivity index (χ0v) is 32.7. The van der Waals surface area contributed by atoms with E-state index < -0.39 is 32.7 Å². The lowest BCUT2D eigenvalue weighted by Crippen LogP contribution is -1.94. The van der Waals surface area contributed by atoms with Gasteiger partial charge in [-0.3, -0.25) is 34.6 Å². The Balaban J connectivity index is 0.000000382. The Morgan fingerprint density at radius 1 is 0.459 bits per heavy atom. The summed E-state index contributed by atoms with van der Waals surface area (Å²) in [7, 11) is 6.69. The van der Waals surface area contributed by atoms with Gasteiger partial charge in [0, 0.05) is 41.0 Å². The molecule has 0 radical (unpaired) electrons. The molecule has 0 amide bonds. The molecule has 0 aliphatic carbocycles. The first kappa shape index (κ1) is 50.1. The normalized spacial score (nSPS) is 9.46. The monoisotopic (exact) mass is 856 g/mol. The van der Waals surface area contributed by atoms with Gasteiger partial charge in [-0.25, -0.2) is 0 Å². The van der Waals surface area contributed by atoms with E-state index in [1.165, 1.54) is 84.1 Å². The second kappa shape index (κ2) is 24.0. The van der Waals surface area contributed by atoms with Crippen LogP contribution < -0.4 is 35.2 Å². The lowest BCUT2D eigenvalue weighted by molar-refractivity contribution is -0.386. The summed E-state index contributed by atoms with van der Waals surface area (Å²) < 4.78 is 23.5. The van der Waals surface area contributed by atoms with Gasteiger partial charge in [0.1, 0.15) is 30.4 Å². The molecule has 0 aliphatic rings. The van der Waals surface area contributed by atoms with E-state index in [0.29, 0.717) is 35.7 Å². The van der Waals surface area contributed by atoms with Crippen LogP contribution >= 0.6 is 0 Å². The lowest BCUT2D eigenvalue weighted by atomic mass is 10.2. The molecule has 0 aliphatic heterocycles. The molecule has 326 valence electrons. The highest BCUT2D eigenvalue weighted by Gasteiger charge is 2.20. The van der Waals surface area contributed by atoms with Crippen LogP contribution in [0.5, 0.6) is 69.0 Å². The van der Waals surface area contributed by atoms with Crippen LogP contribution in [0, 0.1) is 20.2 Å². The number of carbonyl (C=O) groups excluding carboxylic acids is 3. The molecule has 23 nitrogen and oxygen atoms in total. The van der Waals surface area contributed by atoms with E-state index in [1.54, 1.807) is 0 Å². The maximum absolute atomic E-state index is 10.4. The number of carbonyl (C=O) groups is 3. The third kappa shape index (κ3) is 14.5. The molecule has 0 saturated heterocycles. The predicted octanol–water partition coefficient (Wildman–Crippen LogP) is 4.83. The van der Waals surface area contributed by atoms with Gasteiger partial charge < -0.3 is 70.9 Å². The van der Waals surface area contributed by atoms with Gasteiger partial charge in [-0.15, -0.1) is 0 Å². The van der Waals surface area contributed by atoms with Crippen molar-refractivity contribution in [3.05, 3.63) is 104 Å². The topological polar surface area (TPSA) is 377 Å². The fourth-order valence-corrected chi connectivity index (χ4v) is 4.26. The Kier molecular flexibility index (Phi) is 19.7. The molecule has 0 saturated carbocycles. The van der Waals surface area contributed by atoms with Crippen molar-refractivity contribution in [1.82, 2.24) is 0 Å². The number of rotatable bonds is 10. The molecular formula is C38H40N4O19. The second-order valence-electron chi connectivity index (χ2n) is 11.2. The van der Waals surface area contributed by atoms with Crippen LogP contribution in [-0.2, 0) is 0 Å². The Morgan fingerprint density at radius 3 is 1.23 bits per heavy atom. The highest BCUT2D eigenvalue weighted by Crippen LogP contribution is 2.39. The molecule has 5 aromatic carbocycles. The molecular weight excluding hydrogens is 816 g/mol. The summed E-state index contributed by atoms with van der Waals surface area (Å²) in [4.78, 5) is 50.2. The number of nitro benzene ring substituents is 2. The minimum absolute atomic E-state index is 0.0304. The van der Waals surface area contributed by atoms with Gasteiger partial charge in [-0.1, -0.05) is 0 Å². The van der Waals surface area contributed by atoms with E-state index in [-0.39, 0.29) is 68.7 Å². The molecule has 23 heteroatoms. The van der Waals surface area contributed by atoms with Crippen LogP contribution in [0.4, 0.5) is 22.7 Å². The number of nitrogen functional groups attached to an aromatic ring is 2. The molecule has 0 aromatic heterocycles.